The summed E-state index contributed by atoms with van der Waals surface area (Å²) in [6.45, 7) is 7.83. The third kappa shape index (κ3) is 1.72. The lowest BCUT2D eigenvalue weighted by Gasteiger charge is -2.42. The molecule has 3 aliphatic rings. The predicted octanol–water partition coefficient (Wildman–Crippen LogP) is 1.67. The van der Waals surface area contributed by atoms with Crippen LogP contribution in [0.3, 0.4) is 0 Å². The van der Waals surface area contributed by atoms with E-state index >= 15 is 0 Å². The molecule has 0 aromatic heterocycles. The molecule has 2 heterocycles. The second-order valence-electron chi connectivity index (χ2n) is 6.09. The highest BCUT2D eigenvalue weighted by molar-refractivity contribution is 4.97. The van der Waals surface area contributed by atoms with Crippen molar-refractivity contribution in [2.75, 3.05) is 33.2 Å². The molecule has 2 aliphatic heterocycles. The molecule has 0 unspecified atom stereocenters. The second kappa shape index (κ2) is 3.74. The fourth-order valence-electron chi connectivity index (χ4n) is 3.99. The van der Waals surface area contributed by atoms with Crippen molar-refractivity contribution in [3.05, 3.63) is 0 Å². The van der Waals surface area contributed by atoms with Gasteiger partial charge in [0, 0.05) is 32.2 Å². The van der Waals surface area contributed by atoms with Crippen LogP contribution in [0.25, 0.3) is 0 Å². The lowest BCUT2D eigenvalue weighted by Crippen LogP contribution is -2.57. The van der Waals surface area contributed by atoms with Crippen LogP contribution in [0, 0.1) is 17.8 Å². The van der Waals surface area contributed by atoms with Gasteiger partial charge in [0.15, 0.2) is 0 Å². The van der Waals surface area contributed by atoms with Crippen molar-refractivity contribution >= 4 is 0 Å². The van der Waals surface area contributed by atoms with Crippen LogP contribution in [0.5, 0.6) is 0 Å². The number of rotatable bonds is 2. The molecule has 86 valence electrons. The maximum atomic E-state index is 2.78. The van der Waals surface area contributed by atoms with Crippen LogP contribution in [0.1, 0.15) is 26.2 Å². The van der Waals surface area contributed by atoms with Gasteiger partial charge < -0.3 is 4.90 Å². The van der Waals surface area contributed by atoms with E-state index in [0.29, 0.717) is 0 Å². The zero-order chi connectivity index (χ0) is 10.4. The molecular weight excluding hydrogens is 184 g/mol. The van der Waals surface area contributed by atoms with Crippen LogP contribution >= 0.6 is 0 Å². The molecule has 2 heteroatoms. The zero-order valence-corrected chi connectivity index (χ0v) is 10.2. The predicted molar refractivity (Wildman–Crippen MR) is 62.9 cm³/mol. The first kappa shape index (κ1) is 10.1. The summed E-state index contributed by atoms with van der Waals surface area (Å²) >= 11 is 0. The number of nitrogens with zero attached hydrogens (tertiary/aromatic N) is 2. The number of hydrogen-bond acceptors (Lipinski definition) is 2. The van der Waals surface area contributed by atoms with Crippen LogP contribution < -0.4 is 0 Å². The number of fused-ring (bicyclic) bond motifs is 1. The monoisotopic (exact) mass is 208 g/mol. The van der Waals surface area contributed by atoms with Crippen LogP contribution in [-0.4, -0.2) is 49.1 Å². The molecule has 0 spiro atoms. The summed E-state index contributed by atoms with van der Waals surface area (Å²) in [5.41, 5.74) is 0. The van der Waals surface area contributed by atoms with Crippen molar-refractivity contribution in [1.29, 1.82) is 0 Å². The Balaban J connectivity index is 1.53. The number of likely N-dealkylation sites (tertiary alicyclic amines) is 2. The summed E-state index contributed by atoms with van der Waals surface area (Å²) in [6, 6.07) is 0.903. The summed E-state index contributed by atoms with van der Waals surface area (Å²) in [5.74, 6) is 3.17. The summed E-state index contributed by atoms with van der Waals surface area (Å²) in [6.07, 6.45) is 4.47. The van der Waals surface area contributed by atoms with E-state index in [2.05, 4.69) is 23.8 Å². The first-order valence-electron chi connectivity index (χ1n) is 6.68. The maximum Gasteiger partial charge on any atom is 0.0350 e. The summed E-state index contributed by atoms with van der Waals surface area (Å²) in [7, 11) is 2.24. The molecule has 1 saturated carbocycles. The van der Waals surface area contributed by atoms with Gasteiger partial charge in [0.05, 0.1) is 0 Å². The van der Waals surface area contributed by atoms with E-state index in [-0.39, 0.29) is 0 Å². The Labute approximate surface area is 93.6 Å². The van der Waals surface area contributed by atoms with Crippen LogP contribution in [0.15, 0.2) is 0 Å². The van der Waals surface area contributed by atoms with Gasteiger partial charge in [-0.3, -0.25) is 4.90 Å². The van der Waals surface area contributed by atoms with Gasteiger partial charge >= 0.3 is 0 Å². The van der Waals surface area contributed by atoms with Crippen LogP contribution in [0.4, 0.5) is 0 Å². The van der Waals surface area contributed by atoms with E-state index in [9.17, 15) is 0 Å². The minimum absolute atomic E-state index is 0.903. The third-order valence-electron chi connectivity index (χ3n) is 5.02. The first-order valence-corrected chi connectivity index (χ1v) is 6.68. The molecule has 2 nitrogen and oxygen atoms in total. The highest BCUT2D eigenvalue weighted by Crippen LogP contribution is 2.43. The molecule has 1 aliphatic carbocycles. The van der Waals surface area contributed by atoms with Crippen LogP contribution in [0.2, 0.25) is 0 Å². The Kier molecular flexibility index (Phi) is 2.52. The fourth-order valence-corrected chi connectivity index (χ4v) is 3.99. The Morgan fingerprint density at radius 2 is 1.60 bits per heavy atom. The Hall–Kier alpha value is -0.0800. The van der Waals surface area contributed by atoms with Crippen molar-refractivity contribution in [3.8, 4) is 0 Å². The van der Waals surface area contributed by atoms with Gasteiger partial charge in [-0.25, -0.2) is 0 Å². The number of hydrogen-bond donors (Lipinski definition) is 0. The lowest BCUT2D eigenvalue weighted by molar-refractivity contribution is 0.0624. The van der Waals surface area contributed by atoms with E-state index in [1.807, 2.05) is 0 Å². The van der Waals surface area contributed by atoms with E-state index in [4.69, 9.17) is 0 Å². The highest BCUT2D eigenvalue weighted by Gasteiger charge is 2.43. The minimum atomic E-state index is 0.903. The molecule has 0 N–H and O–H groups in total. The maximum absolute atomic E-state index is 2.78. The first-order chi connectivity index (χ1) is 7.26. The Morgan fingerprint density at radius 1 is 1.00 bits per heavy atom. The Morgan fingerprint density at radius 3 is 2.07 bits per heavy atom. The molecule has 0 aromatic carbocycles. The Bertz CT molecular complexity index is 221. The molecule has 2 saturated heterocycles. The SMILES string of the molecule is CC[C@@H]1C[C@@H]2CN(C3CN(C)C3)C[C@@H]2C1. The molecule has 0 amide bonds. The van der Waals surface area contributed by atoms with Gasteiger partial charge in [0.1, 0.15) is 0 Å². The van der Waals surface area contributed by atoms with Gasteiger partial charge in [-0.15, -0.1) is 0 Å². The summed E-state index contributed by atoms with van der Waals surface area (Å²) in [4.78, 5) is 5.22. The van der Waals surface area contributed by atoms with E-state index in [1.54, 1.807) is 0 Å². The van der Waals surface area contributed by atoms with Gasteiger partial charge in [-0.2, -0.15) is 0 Å². The van der Waals surface area contributed by atoms with Gasteiger partial charge in [0.2, 0.25) is 0 Å². The van der Waals surface area contributed by atoms with E-state index < -0.39 is 0 Å². The largest absolute Gasteiger partial charge is 0.303 e. The molecular formula is C13H24N2. The van der Waals surface area contributed by atoms with Crippen molar-refractivity contribution in [2.24, 2.45) is 17.8 Å². The second-order valence-corrected chi connectivity index (χ2v) is 6.09. The fraction of sp³-hybridized carbons (Fsp3) is 1.00. The molecule has 0 radical (unpaired) electrons. The van der Waals surface area contributed by atoms with Crippen molar-refractivity contribution in [2.45, 2.75) is 32.2 Å². The van der Waals surface area contributed by atoms with E-state index in [0.717, 1.165) is 23.8 Å². The topological polar surface area (TPSA) is 6.48 Å². The molecule has 0 bridgehead atoms. The standard InChI is InChI=1S/C13H24N2/c1-3-10-4-11-6-15(7-12(11)5-10)13-8-14(2)9-13/h10-13H,3-9H2,1-2H3/t10-,11-,12+. The van der Waals surface area contributed by atoms with Gasteiger partial charge in [-0.1, -0.05) is 13.3 Å². The molecule has 3 atom stereocenters. The molecule has 0 aromatic rings. The summed E-state index contributed by atoms with van der Waals surface area (Å²) < 4.78 is 0. The average Bonchev–Trinajstić information content (AvgIpc) is 2.68. The lowest BCUT2D eigenvalue weighted by atomic mass is 10.0. The minimum Gasteiger partial charge on any atom is -0.303 e. The summed E-state index contributed by atoms with van der Waals surface area (Å²) in [5, 5.41) is 0. The van der Waals surface area contributed by atoms with E-state index in [1.165, 1.54) is 45.4 Å². The highest BCUT2D eigenvalue weighted by atomic mass is 15.3. The molecule has 3 fully saturated rings. The number of likely N-dealkylation sites (N-methyl/N-ethyl adjacent to an activating group) is 1. The van der Waals surface area contributed by atoms with Crippen molar-refractivity contribution < 1.29 is 0 Å². The normalized spacial score (nSPS) is 43.2. The van der Waals surface area contributed by atoms with Crippen molar-refractivity contribution in [1.82, 2.24) is 9.80 Å². The van der Waals surface area contributed by atoms with Gasteiger partial charge in [-0.05, 0) is 37.6 Å². The van der Waals surface area contributed by atoms with Crippen molar-refractivity contribution in [3.63, 3.8) is 0 Å². The average molecular weight is 208 g/mol. The molecule has 3 rings (SSSR count). The smallest absolute Gasteiger partial charge is 0.0350 e. The van der Waals surface area contributed by atoms with Gasteiger partial charge in [0.25, 0.3) is 0 Å². The third-order valence-corrected chi connectivity index (χ3v) is 5.02. The quantitative estimate of drug-likeness (QED) is 0.681. The van der Waals surface area contributed by atoms with Crippen LogP contribution in [-0.2, 0) is 0 Å². The zero-order valence-electron chi connectivity index (χ0n) is 10.2. The molecule has 15 heavy (non-hydrogen) atoms.